The Morgan fingerprint density at radius 2 is 1.83 bits per heavy atom. The van der Waals surface area contributed by atoms with Gasteiger partial charge >= 0.3 is 6.03 Å². The molecule has 0 saturated heterocycles. The largest absolute Gasteiger partial charge is 0.332 e. The molecule has 0 atom stereocenters. The first-order chi connectivity index (χ1) is 11.5. The quantitative estimate of drug-likeness (QED) is 0.834. The number of amides is 2. The molecule has 0 unspecified atom stereocenters. The monoisotopic (exact) mass is 329 g/mol. The van der Waals surface area contributed by atoms with E-state index >= 15 is 0 Å². The minimum atomic E-state index is -0.236. The molecule has 7 heteroatoms. The number of nitrogens with one attached hydrogen (secondary N) is 2. The minimum Gasteiger partial charge on any atom is -0.332 e. The fourth-order valence-electron chi connectivity index (χ4n) is 2.34. The van der Waals surface area contributed by atoms with Crippen LogP contribution in [0.4, 0.5) is 4.79 Å². The number of hydrogen-bond acceptors (Lipinski definition) is 4. The number of benzene rings is 1. The fraction of sp³-hybridized carbons (Fsp3) is 0.353. The average Bonchev–Trinajstić information content (AvgIpc) is 2.54. The molecule has 0 aliphatic heterocycles. The molecular weight excluding hydrogens is 306 g/mol. The number of carbonyl (C=O) groups is 1. The number of carbonyl (C=O) groups excluding carboxylic acids is 1. The van der Waals surface area contributed by atoms with Crippen molar-refractivity contribution in [2.24, 2.45) is 0 Å². The molecular formula is C17H23N5O2. The van der Waals surface area contributed by atoms with Crippen LogP contribution in [0.15, 0.2) is 41.5 Å². The molecule has 0 aliphatic rings. The number of aromatic amines is 1. The lowest BCUT2D eigenvalue weighted by Gasteiger charge is -2.21. The smallest absolute Gasteiger partial charge is 0.317 e. The zero-order valence-corrected chi connectivity index (χ0v) is 14.2. The van der Waals surface area contributed by atoms with Crippen LogP contribution in [0.3, 0.4) is 0 Å². The topological polar surface area (TPSA) is 81.3 Å². The summed E-state index contributed by atoms with van der Waals surface area (Å²) in [6.07, 6.45) is 1.32. The van der Waals surface area contributed by atoms with Crippen molar-refractivity contribution >= 4 is 6.03 Å². The number of urea groups is 1. The third-order valence-electron chi connectivity index (χ3n) is 3.51. The van der Waals surface area contributed by atoms with E-state index in [1.165, 1.54) is 18.0 Å². The Labute approximate surface area is 141 Å². The van der Waals surface area contributed by atoms with Crippen LogP contribution in [0.5, 0.6) is 0 Å². The van der Waals surface area contributed by atoms with Crippen molar-refractivity contribution in [1.82, 2.24) is 25.1 Å². The third kappa shape index (κ3) is 5.20. The molecule has 128 valence electrons. The summed E-state index contributed by atoms with van der Waals surface area (Å²) >= 11 is 0. The van der Waals surface area contributed by atoms with Crippen LogP contribution in [-0.4, -0.2) is 46.9 Å². The highest BCUT2D eigenvalue weighted by molar-refractivity contribution is 5.73. The van der Waals surface area contributed by atoms with Crippen molar-refractivity contribution in [2.75, 3.05) is 21.1 Å². The standard InChI is InChI=1S/C17H23N5O2/c1-21(2)10-13-6-4-5-7-14(13)11-22(3)17(24)18-9-15-8-16(23)20-12-19-15/h4-8,12H,9-11H2,1-3H3,(H,18,24)(H,19,20,23). The van der Waals surface area contributed by atoms with Crippen LogP contribution < -0.4 is 10.9 Å². The highest BCUT2D eigenvalue weighted by atomic mass is 16.2. The van der Waals surface area contributed by atoms with Crippen molar-refractivity contribution < 1.29 is 4.79 Å². The lowest BCUT2D eigenvalue weighted by molar-refractivity contribution is 0.206. The van der Waals surface area contributed by atoms with Crippen molar-refractivity contribution in [3.63, 3.8) is 0 Å². The molecule has 0 bridgehead atoms. The second kappa shape index (κ2) is 8.26. The molecule has 2 amide bonds. The summed E-state index contributed by atoms with van der Waals surface area (Å²) < 4.78 is 0. The van der Waals surface area contributed by atoms with E-state index in [1.807, 2.05) is 32.3 Å². The lowest BCUT2D eigenvalue weighted by Crippen LogP contribution is -2.37. The molecule has 0 radical (unpaired) electrons. The van der Waals surface area contributed by atoms with Crippen LogP contribution in [0, 0.1) is 0 Å². The average molecular weight is 329 g/mol. The van der Waals surface area contributed by atoms with E-state index in [4.69, 9.17) is 0 Å². The molecule has 0 saturated carbocycles. The summed E-state index contributed by atoms with van der Waals surface area (Å²) in [7, 11) is 5.77. The maximum absolute atomic E-state index is 12.2. The molecule has 0 aliphatic carbocycles. The Hall–Kier alpha value is -2.67. The molecule has 7 nitrogen and oxygen atoms in total. The van der Waals surface area contributed by atoms with Crippen LogP contribution in [0.2, 0.25) is 0 Å². The summed E-state index contributed by atoms with van der Waals surface area (Å²) in [4.78, 5) is 33.6. The number of hydrogen-bond donors (Lipinski definition) is 2. The number of nitrogens with zero attached hydrogens (tertiary/aromatic N) is 3. The van der Waals surface area contributed by atoms with E-state index in [-0.39, 0.29) is 18.1 Å². The van der Waals surface area contributed by atoms with Gasteiger partial charge in [0.15, 0.2) is 0 Å². The highest BCUT2D eigenvalue weighted by Crippen LogP contribution is 2.12. The van der Waals surface area contributed by atoms with E-state index in [9.17, 15) is 9.59 Å². The summed E-state index contributed by atoms with van der Waals surface area (Å²) in [5.74, 6) is 0. The Morgan fingerprint density at radius 3 is 2.46 bits per heavy atom. The summed E-state index contributed by atoms with van der Waals surface area (Å²) in [5, 5.41) is 2.77. The maximum atomic E-state index is 12.2. The van der Waals surface area contributed by atoms with E-state index in [2.05, 4.69) is 26.3 Å². The second-order valence-corrected chi connectivity index (χ2v) is 5.92. The van der Waals surface area contributed by atoms with Crippen LogP contribution in [0.25, 0.3) is 0 Å². The van der Waals surface area contributed by atoms with Gasteiger partial charge in [0.05, 0.1) is 18.6 Å². The normalized spacial score (nSPS) is 10.7. The van der Waals surface area contributed by atoms with Crippen LogP contribution in [0.1, 0.15) is 16.8 Å². The predicted octanol–water partition coefficient (Wildman–Crippen LogP) is 1.17. The van der Waals surface area contributed by atoms with Gasteiger partial charge in [0, 0.05) is 26.2 Å². The van der Waals surface area contributed by atoms with Crippen molar-refractivity contribution in [1.29, 1.82) is 0 Å². The Kier molecular flexibility index (Phi) is 6.08. The molecule has 24 heavy (non-hydrogen) atoms. The Bertz CT molecular complexity index is 742. The first-order valence-corrected chi connectivity index (χ1v) is 7.70. The van der Waals surface area contributed by atoms with Gasteiger partial charge in [-0.15, -0.1) is 0 Å². The van der Waals surface area contributed by atoms with Gasteiger partial charge in [-0.1, -0.05) is 24.3 Å². The minimum absolute atomic E-state index is 0.211. The van der Waals surface area contributed by atoms with E-state index < -0.39 is 0 Å². The van der Waals surface area contributed by atoms with Crippen molar-refractivity contribution in [2.45, 2.75) is 19.6 Å². The molecule has 1 aromatic heterocycles. The first-order valence-electron chi connectivity index (χ1n) is 7.70. The number of H-pyrrole nitrogens is 1. The first kappa shape index (κ1) is 17.7. The van der Waals surface area contributed by atoms with Gasteiger partial charge in [0.2, 0.25) is 0 Å². The van der Waals surface area contributed by atoms with E-state index in [0.29, 0.717) is 12.2 Å². The van der Waals surface area contributed by atoms with Gasteiger partial charge in [-0.3, -0.25) is 4.79 Å². The number of rotatable bonds is 6. The van der Waals surface area contributed by atoms with Crippen LogP contribution >= 0.6 is 0 Å². The molecule has 1 aromatic carbocycles. The van der Waals surface area contributed by atoms with Gasteiger partial charge < -0.3 is 20.1 Å². The predicted molar refractivity (Wildman–Crippen MR) is 92.4 cm³/mol. The second-order valence-electron chi connectivity index (χ2n) is 5.92. The Morgan fingerprint density at radius 1 is 1.17 bits per heavy atom. The zero-order valence-electron chi connectivity index (χ0n) is 14.2. The van der Waals surface area contributed by atoms with Gasteiger partial charge in [-0.25, -0.2) is 9.78 Å². The fourth-order valence-corrected chi connectivity index (χ4v) is 2.34. The van der Waals surface area contributed by atoms with E-state index in [1.54, 1.807) is 11.9 Å². The van der Waals surface area contributed by atoms with Gasteiger partial charge in [-0.2, -0.15) is 0 Å². The summed E-state index contributed by atoms with van der Waals surface area (Å²) in [6, 6.07) is 9.23. The molecule has 0 spiro atoms. The molecule has 0 fully saturated rings. The highest BCUT2D eigenvalue weighted by Gasteiger charge is 2.11. The lowest BCUT2D eigenvalue weighted by atomic mass is 10.1. The van der Waals surface area contributed by atoms with Gasteiger partial charge in [0.25, 0.3) is 5.56 Å². The van der Waals surface area contributed by atoms with Crippen molar-refractivity contribution in [3.8, 4) is 0 Å². The zero-order chi connectivity index (χ0) is 17.5. The molecule has 2 rings (SSSR count). The summed E-state index contributed by atoms with van der Waals surface area (Å²) in [6.45, 7) is 1.55. The molecule has 1 heterocycles. The van der Waals surface area contributed by atoms with Crippen molar-refractivity contribution in [3.05, 3.63) is 63.8 Å². The summed E-state index contributed by atoms with van der Waals surface area (Å²) in [5.41, 5.74) is 2.59. The maximum Gasteiger partial charge on any atom is 0.317 e. The van der Waals surface area contributed by atoms with Gasteiger partial charge in [0.1, 0.15) is 0 Å². The van der Waals surface area contributed by atoms with Crippen LogP contribution in [-0.2, 0) is 19.6 Å². The molecule has 2 N–H and O–H groups in total. The SMILES string of the molecule is CN(C)Cc1ccccc1CN(C)C(=O)NCc1cc(=O)[nH]cn1. The molecule has 2 aromatic rings. The van der Waals surface area contributed by atoms with E-state index in [0.717, 1.165) is 12.1 Å². The number of aromatic nitrogens is 2. The Balaban J connectivity index is 1.95. The third-order valence-corrected chi connectivity index (χ3v) is 3.51. The van der Waals surface area contributed by atoms with Gasteiger partial charge in [-0.05, 0) is 25.2 Å².